The van der Waals surface area contributed by atoms with E-state index in [2.05, 4.69) is 18.9 Å². The predicted molar refractivity (Wildman–Crippen MR) is 101 cm³/mol. The van der Waals surface area contributed by atoms with Gasteiger partial charge in [0.25, 0.3) is 0 Å². The summed E-state index contributed by atoms with van der Waals surface area (Å²) in [5.41, 5.74) is 2.79. The van der Waals surface area contributed by atoms with Crippen LogP contribution in [0.1, 0.15) is 87.1 Å². The third kappa shape index (κ3) is 5.25. The molecule has 1 heterocycles. The Morgan fingerprint density at radius 1 is 1.08 bits per heavy atom. The Hall–Kier alpha value is -1.51. The lowest BCUT2D eigenvalue weighted by Crippen LogP contribution is -2.27. The molecule has 0 saturated carbocycles. The Labute approximate surface area is 147 Å². The van der Waals surface area contributed by atoms with Gasteiger partial charge in [-0.25, -0.2) is 4.79 Å². The number of rotatable bonds is 11. The molecule has 0 aliphatic carbocycles. The van der Waals surface area contributed by atoms with Crippen LogP contribution < -0.4 is 4.90 Å². The van der Waals surface area contributed by atoms with Crippen LogP contribution in [-0.4, -0.2) is 24.2 Å². The van der Waals surface area contributed by atoms with Crippen LogP contribution in [0.15, 0.2) is 18.2 Å². The number of anilines is 1. The number of aromatic carboxylic acids is 1. The summed E-state index contributed by atoms with van der Waals surface area (Å²) in [5.74, 6) is -0.839. The Morgan fingerprint density at radius 2 is 1.71 bits per heavy atom. The van der Waals surface area contributed by atoms with E-state index < -0.39 is 5.97 Å². The maximum Gasteiger partial charge on any atom is 0.335 e. The number of hydrogen-bond donors (Lipinski definition) is 1. The third-order valence-corrected chi connectivity index (χ3v) is 5.36. The molecule has 134 valence electrons. The number of carbonyl (C=O) groups is 1. The highest BCUT2D eigenvalue weighted by molar-refractivity contribution is 5.89. The summed E-state index contributed by atoms with van der Waals surface area (Å²) in [5, 5.41) is 9.14. The molecule has 1 unspecified atom stereocenters. The van der Waals surface area contributed by atoms with Crippen molar-refractivity contribution in [2.75, 3.05) is 11.9 Å². The maximum atomic E-state index is 11.1. The van der Waals surface area contributed by atoms with E-state index in [1.165, 1.54) is 69.8 Å². The molecule has 24 heavy (non-hydrogen) atoms. The number of nitrogens with zero attached hydrogens (tertiary/aromatic N) is 1. The number of unbranched alkanes of at least 4 members (excludes halogenated alkanes) is 8. The van der Waals surface area contributed by atoms with Crippen LogP contribution >= 0.6 is 0 Å². The minimum absolute atomic E-state index is 0.393. The van der Waals surface area contributed by atoms with Crippen LogP contribution in [0.4, 0.5) is 5.69 Å². The van der Waals surface area contributed by atoms with Gasteiger partial charge in [0.05, 0.1) is 5.56 Å². The van der Waals surface area contributed by atoms with Crippen molar-refractivity contribution in [2.45, 2.75) is 83.6 Å². The predicted octanol–water partition coefficient (Wildman–Crippen LogP) is 5.67. The highest BCUT2D eigenvalue weighted by Gasteiger charge is 2.26. The topological polar surface area (TPSA) is 40.5 Å². The van der Waals surface area contributed by atoms with E-state index in [1.807, 2.05) is 12.1 Å². The summed E-state index contributed by atoms with van der Waals surface area (Å²) in [6.07, 6.45) is 14.5. The number of benzene rings is 1. The number of hydrogen-bond acceptors (Lipinski definition) is 2. The second-order valence-corrected chi connectivity index (χ2v) is 7.23. The first-order chi connectivity index (χ1) is 11.6. The van der Waals surface area contributed by atoms with Gasteiger partial charge in [-0.3, -0.25) is 0 Å². The molecular formula is C21H33NO2. The summed E-state index contributed by atoms with van der Waals surface area (Å²) in [7, 11) is 2.11. The van der Waals surface area contributed by atoms with Gasteiger partial charge in [0.2, 0.25) is 0 Å². The zero-order chi connectivity index (χ0) is 17.4. The van der Waals surface area contributed by atoms with E-state index in [0.717, 1.165) is 12.1 Å². The minimum Gasteiger partial charge on any atom is -0.478 e. The smallest absolute Gasteiger partial charge is 0.335 e. The Balaban J connectivity index is 1.65. The average Bonchev–Trinajstić information content (AvgIpc) is 2.89. The summed E-state index contributed by atoms with van der Waals surface area (Å²) < 4.78 is 0. The number of carboxylic acids is 1. The Bertz CT molecular complexity index is 527. The minimum atomic E-state index is -0.839. The van der Waals surface area contributed by atoms with E-state index in [1.54, 1.807) is 6.07 Å². The first kappa shape index (κ1) is 18.8. The van der Waals surface area contributed by atoms with Crippen molar-refractivity contribution in [2.24, 2.45) is 0 Å². The van der Waals surface area contributed by atoms with Crippen LogP contribution in [0.5, 0.6) is 0 Å². The standard InChI is InChI=1S/C21H33NO2/c1-3-4-5-6-7-8-9-10-11-12-19-15-17-13-14-18(21(23)24)16-20(17)22(19)2/h13-14,16,19H,3-12,15H2,1-2H3,(H,23,24). The molecule has 0 aromatic heterocycles. The Morgan fingerprint density at radius 3 is 2.33 bits per heavy atom. The van der Waals surface area contributed by atoms with Gasteiger partial charge in [-0.15, -0.1) is 0 Å². The van der Waals surface area contributed by atoms with E-state index in [4.69, 9.17) is 5.11 Å². The van der Waals surface area contributed by atoms with Gasteiger partial charge in [0.15, 0.2) is 0 Å². The lowest BCUT2D eigenvalue weighted by Gasteiger charge is -2.22. The van der Waals surface area contributed by atoms with Gasteiger partial charge >= 0.3 is 5.97 Å². The van der Waals surface area contributed by atoms with Crippen molar-refractivity contribution in [3.8, 4) is 0 Å². The Kier molecular flexibility index (Phi) is 7.61. The van der Waals surface area contributed by atoms with Gasteiger partial charge in [-0.2, -0.15) is 0 Å². The molecular weight excluding hydrogens is 298 g/mol. The van der Waals surface area contributed by atoms with Crippen LogP contribution in [0, 0.1) is 0 Å². The largest absolute Gasteiger partial charge is 0.478 e. The number of fused-ring (bicyclic) bond motifs is 1. The monoisotopic (exact) mass is 331 g/mol. The molecule has 0 saturated heterocycles. The molecule has 2 rings (SSSR count). The van der Waals surface area contributed by atoms with Crippen molar-refractivity contribution in [1.82, 2.24) is 0 Å². The summed E-state index contributed by atoms with van der Waals surface area (Å²) in [4.78, 5) is 13.4. The second-order valence-electron chi connectivity index (χ2n) is 7.23. The zero-order valence-corrected chi connectivity index (χ0v) is 15.4. The molecule has 1 aromatic carbocycles. The molecule has 3 nitrogen and oxygen atoms in total. The molecule has 1 aliphatic rings. The number of likely N-dealkylation sites (N-methyl/N-ethyl adjacent to an activating group) is 1. The highest BCUT2D eigenvalue weighted by Crippen LogP contribution is 2.33. The van der Waals surface area contributed by atoms with Crippen LogP contribution in [0.2, 0.25) is 0 Å². The van der Waals surface area contributed by atoms with Crippen LogP contribution in [0.3, 0.4) is 0 Å². The quantitative estimate of drug-likeness (QED) is 0.531. The first-order valence-corrected chi connectivity index (χ1v) is 9.72. The fourth-order valence-corrected chi connectivity index (χ4v) is 3.77. The van der Waals surface area contributed by atoms with E-state index in [9.17, 15) is 4.79 Å². The molecule has 0 radical (unpaired) electrons. The lowest BCUT2D eigenvalue weighted by molar-refractivity contribution is 0.0697. The molecule has 1 aromatic rings. The third-order valence-electron chi connectivity index (χ3n) is 5.36. The van der Waals surface area contributed by atoms with Gasteiger partial charge in [-0.05, 0) is 30.5 Å². The van der Waals surface area contributed by atoms with E-state index in [-0.39, 0.29) is 0 Å². The SMILES string of the molecule is CCCCCCCCCCCC1Cc2ccc(C(=O)O)cc2N1C. The number of carboxylic acid groups (broad SMARTS) is 1. The molecule has 1 N–H and O–H groups in total. The molecule has 0 bridgehead atoms. The lowest BCUT2D eigenvalue weighted by atomic mass is 10.0. The molecule has 0 spiro atoms. The molecule has 0 amide bonds. The van der Waals surface area contributed by atoms with Gasteiger partial charge in [0.1, 0.15) is 0 Å². The normalized spacial score (nSPS) is 16.4. The summed E-state index contributed by atoms with van der Waals surface area (Å²) in [6.45, 7) is 2.26. The van der Waals surface area contributed by atoms with Crippen molar-refractivity contribution in [1.29, 1.82) is 0 Å². The summed E-state index contributed by atoms with van der Waals surface area (Å²) in [6, 6.07) is 6.09. The van der Waals surface area contributed by atoms with Gasteiger partial charge in [-0.1, -0.05) is 70.8 Å². The highest BCUT2D eigenvalue weighted by atomic mass is 16.4. The average molecular weight is 332 g/mol. The van der Waals surface area contributed by atoms with Gasteiger partial charge in [0, 0.05) is 18.8 Å². The van der Waals surface area contributed by atoms with Crippen molar-refractivity contribution < 1.29 is 9.90 Å². The zero-order valence-electron chi connectivity index (χ0n) is 15.4. The van der Waals surface area contributed by atoms with Crippen molar-refractivity contribution in [3.05, 3.63) is 29.3 Å². The molecule has 1 aliphatic heterocycles. The summed E-state index contributed by atoms with van der Waals surface area (Å²) >= 11 is 0. The second kappa shape index (κ2) is 9.71. The van der Waals surface area contributed by atoms with Gasteiger partial charge < -0.3 is 10.0 Å². The van der Waals surface area contributed by atoms with Crippen LogP contribution in [0.25, 0.3) is 0 Å². The first-order valence-electron chi connectivity index (χ1n) is 9.72. The molecule has 1 atom stereocenters. The van der Waals surface area contributed by atoms with Crippen molar-refractivity contribution >= 4 is 11.7 Å². The van der Waals surface area contributed by atoms with E-state index >= 15 is 0 Å². The fourth-order valence-electron chi connectivity index (χ4n) is 3.77. The molecule has 3 heteroatoms. The van der Waals surface area contributed by atoms with Crippen LogP contribution in [-0.2, 0) is 6.42 Å². The fraction of sp³-hybridized carbons (Fsp3) is 0.667. The molecule has 0 fully saturated rings. The maximum absolute atomic E-state index is 11.1. The van der Waals surface area contributed by atoms with Crippen molar-refractivity contribution in [3.63, 3.8) is 0 Å². The van der Waals surface area contributed by atoms with E-state index in [0.29, 0.717) is 11.6 Å².